The van der Waals surface area contributed by atoms with Crippen LogP contribution in [0, 0.1) is 0 Å². The molecule has 0 aliphatic carbocycles. The highest BCUT2D eigenvalue weighted by molar-refractivity contribution is 7.15. The van der Waals surface area contributed by atoms with Crippen molar-refractivity contribution < 1.29 is 9.53 Å². The molecule has 156 valence electrons. The molecule has 0 radical (unpaired) electrons. The number of carbonyl (C=O) groups is 1. The number of amides is 1. The summed E-state index contributed by atoms with van der Waals surface area (Å²) >= 11 is 1.63. The first kappa shape index (κ1) is 19.2. The van der Waals surface area contributed by atoms with Crippen molar-refractivity contribution in [3.05, 3.63) is 41.0 Å². The highest BCUT2D eigenvalue weighted by Crippen LogP contribution is 2.36. The van der Waals surface area contributed by atoms with Gasteiger partial charge in [0.1, 0.15) is 5.82 Å². The van der Waals surface area contributed by atoms with Crippen molar-refractivity contribution >= 4 is 29.0 Å². The largest absolute Gasteiger partial charge is 0.379 e. The summed E-state index contributed by atoms with van der Waals surface area (Å²) in [5, 5.41) is 7.31. The van der Waals surface area contributed by atoms with Gasteiger partial charge in [-0.2, -0.15) is 5.10 Å². The lowest BCUT2D eigenvalue weighted by atomic mass is 10.2. The molecule has 3 aromatic rings. The second-order valence-corrected chi connectivity index (χ2v) is 8.50. The number of hydrogen-bond acceptors (Lipinski definition) is 8. The standard InChI is InChI=1S/C20H23N7O2S/c1-25-18(3-5-22-25)24-20-21-4-2-15(23-20)16-12-14-17(30-16)13-27(19(14)28)7-6-26-8-10-29-11-9-26/h2-5,12H,6-11,13H2,1H3,(H,21,23,24). The van der Waals surface area contributed by atoms with Crippen molar-refractivity contribution in [2.24, 2.45) is 7.05 Å². The second kappa shape index (κ2) is 8.13. The van der Waals surface area contributed by atoms with Crippen molar-refractivity contribution in [3.8, 4) is 10.6 Å². The molecule has 9 nitrogen and oxygen atoms in total. The van der Waals surface area contributed by atoms with Crippen LogP contribution in [0.2, 0.25) is 0 Å². The van der Waals surface area contributed by atoms with Gasteiger partial charge in [-0.05, 0) is 12.1 Å². The molecule has 1 N–H and O–H groups in total. The van der Waals surface area contributed by atoms with Crippen LogP contribution in [0.3, 0.4) is 0 Å². The SMILES string of the molecule is Cn1nccc1Nc1nccc(-c2cc3c(s2)CN(CCN2CCOCC2)C3=O)n1. The third-order valence-electron chi connectivity index (χ3n) is 5.42. The van der Waals surface area contributed by atoms with E-state index in [1.807, 2.05) is 30.1 Å². The third kappa shape index (κ3) is 3.81. The van der Waals surface area contributed by atoms with Gasteiger partial charge in [0.15, 0.2) is 0 Å². The highest BCUT2D eigenvalue weighted by Gasteiger charge is 2.30. The van der Waals surface area contributed by atoms with E-state index < -0.39 is 0 Å². The molecule has 3 aromatic heterocycles. The van der Waals surface area contributed by atoms with Gasteiger partial charge >= 0.3 is 0 Å². The number of fused-ring (bicyclic) bond motifs is 1. The van der Waals surface area contributed by atoms with E-state index >= 15 is 0 Å². The fourth-order valence-corrected chi connectivity index (χ4v) is 4.84. The summed E-state index contributed by atoms with van der Waals surface area (Å²) in [7, 11) is 1.85. The average molecular weight is 426 g/mol. The number of aromatic nitrogens is 4. The molecular formula is C20H23N7O2S. The van der Waals surface area contributed by atoms with Crippen molar-refractivity contribution in [1.29, 1.82) is 0 Å². The van der Waals surface area contributed by atoms with E-state index in [4.69, 9.17) is 4.74 Å². The minimum absolute atomic E-state index is 0.114. The number of ether oxygens (including phenoxy) is 1. The van der Waals surface area contributed by atoms with Crippen LogP contribution in [0.5, 0.6) is 0 Å². The molecule has 5 heterocycles. The molecule has 0 bridgehead atoms. The van der Waals surface area contributed by atoms with Crippen LogP contribution in [-0.4, -0.2) is 74.8 Å². The lowest BCUT2D eigenvalue weighted by molar-refractivity contribution is 0.0328. The number of rotatable bonds is 6. The molecule has 10 heteroatoms. The van der Waals surface area contributed by atoms with E-state index in [0.717, 1.165) is 66.2 Å². The quantitative estimate of drug-likeness (QED) is 0.646. The molecule has 2 aliphatic heterocycles. The number of nitrogens with zero attached hydrogens (tertiary/aromatic N) is 6. The number of hydrogen-bond donors (Lipinski definition) is 1. The van der Waals surface area contributed by atoms with Crippen LogP contribution in [0.25, 0.3) is 10.6 Å². The first-order valence-electron chi connectivity index (χ1n) is 9.98. The number of nitrogens with one attached hydrogen (secondary N) is 1. The third-order valence-corrected chi connectivity index (χ3v) is 6.56. The molecule has 0 atom stereocenters. The van der Waals surface area contributed by atoms with Crippen molar-refractivity contribution in [3.63, 3.8) is 0 Å². The Kier molecular flexibility index (Phi) is 5.19. The van der Waals surface area contributed by atoms with Crippen LogP contribution in [0.4, 0.5) is 11.8 Å². The number of carbonyl (C=O) groups excluding carboxylic acids is 1. The summed E-state index contributed by atoms with van der Waals surface area (Å²) in [5.41, 5.74) is 1.61. The van der Waals surface area contributed by atoms with Crippen molar-refractivity contribution in [1.82, 2.24) is 29.5 Å². The molecule has 1 saturated heterocycles. The first-order valence-corrected chi connectivity index (χ1v) is 10.8. The molecule has 2 aliphatic rings. The molecule has 0 unspecified atom stereocenters. The van der Waals surface area contributed by atoms with Crippen LogP contribution in [0.15, 0.2) is 30.6 Å². The lowest BCUT2D eigenvalue weighted by Crippen LogP contribution is -2.41. The minimum Gasteiger partial charge on any atom is -0.379 e. The van der Waals surface area contributed by atoms with Crippen molar-refractivity contribution in [2.45, 2.75) is 6.54 Å². The molecule has 0 saturated carbocycles. The molecule has 1 amide bonds. The van der Waals surface area contributed by atoms with E-state index in [-0.39, 0.29) is 5.91 Å². The van der Waals surface area contributed by atoms with Gasteiger partial charge in [-0.1, -0.05) is 0 Å². The zero-order valence-corrected chi connectivity index (χ0v) is 17.6. The zero-order valence-electron chi connectivity index (χ0n) is 16.7. The maximum absolute atomic E-state index is 12.9. The molecule has 0 spiro atoms. The van der Waals surface area contributed by atoms with E-state index in [9.17, 15) is 4.79 Å². The van der Waals surface area contributed by atoms with Gasteiger partial charge in [0.2, 0.25) is 5.95 Å². The van der Waals surface area contributed by atoms with Crippen molar-refractivity contribution in [2.75, 3.05) is 44.7 Å². The Hall–Kier alpha value is -2.82. The summed E-state index contributed by atoms with van der Waals surface area (Å²) < 4.78 is 7.11. The zero-order chi connectivity index (χ0) is 20.5. The van der Waals surface area contributed by atoms with Gasteiger partial charge in [0.25, 0.3) is 5.91 Å². The Morgan fingerprint density at radius 3 is 2.83 bits per heavy atom. The van der Waals surface area contributed by atoms with Crippen LogP contribution >= 0.6 is 11.3 Å². The predicted octanol–water partition coefficient (Wildman–Crippen LogP) is 1.97. The van der Waals surface area contributed by atoms with Crippen LogP contribution in [0.1, 0.15) is 15.2 Å². The van der Waals surface area contributed by atoms with E-state index in [2.05, 4.69) is 25.3 Å². The Bertz CT molecular complexity index is 1060. The lowest BCUT2D eigenvalue weighted by Gasteiger charge is -2.28. The summed E-state index contributed by atoms with van der Waals surface area (Å²) in [6.45, 7) is 5.76. The molecular weight excluding hydrogens is 402 g/mol. The normalized spacial score (nSPS) is 16.8. The predicted molar refractivity (Wildman–Crippen MR) is 114 cm³/mol. The summed E-state index contributed by atoms with van der Waals surface area (Å²) in [4.78, 5) is 28.2. The fraction of sp³-hybridized carbons (Fsp3) is 0.400. The monoisotopic (exact) mass is 425 g/mol. The number of aryl methyl sites for hydroxylation is 1. The van der Waals surface area contributed by atoms with Gasteiger partial charge < -0.3 is 15.0 Å². The van der Waals surface area contributed by atoms with Gasteiger partial charge in [-0.3, -0.25) is 14.4 Å². The Morgan fingerprint density at radius 1 is 1.20 bits per heavy atom. The smallest absolute Gasteiger partial charge is 0.255 e. The maximum Gasteiger partial charge on any atom is 0.255 e. The van der Waals surface area contributed by atoms with Crippen LogP contribution in [-0.2, 0) is 18.3 Å². The second-order valence-electron chi connectivity index (χ2n) is 7.36. The average Bonchev–Trinajstić information content (AvgIpc) is 3.44. The maximum atomic E-state index is 12.9. The van der Waals surface area contributed by atoms with Gasteiger partial charge in [-0.15, -0.1) is 11.3 Å². The highest BCUT2D eigenvalue weighted by atomic mass is 32.1. The number of morpholine rings is 1. The Balaban J connectivity index is 1.27. The van der Waals surface area contributed by atoms with E-state index in [1.54, 1.807) is 28.4 Å². The van der Waals surface area contributed by atoms with E-state index in [0.29, 0.717) is 12.5 Å². The van der Waals surface area contributed by atoms with Crippen LogP contribution < -0.4 is 5.32 Å². The molecule has 5 rings (SSSR count). The Labute approximate surface area is 178 Å². The summed E-state index contributed by atoms with van der Waals surface area (Å²) in [5.74, 6) is 1.43. The van der Waals surface area contributed by atoms with Gasteiger partial charge in [-0.25, -0.2) is 9.97 Å². The van der Waals surface area contributed by atoms with Gasteiger partial charge in [0, 0.05) is 50.4 Å². The summed E-state index contributed by atoms with van der Waals surface area (Å²) in [6.07, 6.45) is 3.44. The number of thiophene rings is 1. The fourth-order valence-electron chi connectivity index (χ4n) is 3.70. The topological polar surface area (TPSA) is 88.4 Å². The molecule has 0 aromatic carbocycles. The first-order chi connectivity index (χ1) is 14.7. The Morgan fingerprint density at radius 2 is 2.07 bits per heavy atom. The molecule has 1 fully saturated rings. The van der Waals surface area contributed by atoms with Gasteiger partial charge in [0.05, 0.1) is 42.1 Å². The van der Waals surface area contributed by atoms with E-state index in [1.165, 1.54) is 0 Å². The number of anilines is 2. The minimum atomic E-state index is 0.114. The molecule has 30 heavy (non-hydrogen) atoms. The summed E-state index contributed by atoms with van der Waals surface area (Å²) in [6, 6.07) is 5.70.